The van der Waals surface area contributed by atoms with Crippen LogP contribution in [0.4, 0.5) is 8.78 Å². The summed E-state index contributed by atoms with van der Waals surface area (Å²) >= 11 is 12.0. The standard InChI is InChI=1S/C18H24ClFO2.C14H16ClFO2/c1-10(2)12-8-14(19)17(20)16(11-6-7-11)13(12)9-15(21)22-18(3,4)5;1-7(2)9-5-11(15)14(16)13(8-3-4-8)10(9)6-12(17)18/h8,10-11H,6-7,9H2,1-5H3;5,7-8H,3-4,6H2,1-2H3,(H,17,18). The molecule has 0 spiro atoms. The van der Waals surface area contributed by atoms with Gasteiger partial charge in [-0.25, -0.2) is 8.78 Å². The van der Waals surface area contributed by atoms with Crippen LogP contribution in [0.1, 0.15) is 131 Å². The molecule has 0 unspecified atom stereocenters. The van der Waals surface area contributed by atoms with Crippen LogP contribution in [0, 0.1) is 11.6 Å². The Bertz CT molecular complexity index is 1270. The molecule has 0 atom stereocenters. The number of aliphatic carboxylic acids is 1. The lowest BCUT2D eigenvalue weighted by molar-refractivity contribution is -0.154. The van der Waals surface area contributed by atoms with Gasteiger partial charge in [0.05, 0.1) is 22.9 Å². The lowest BCUT2D eigenvalue weighted by Crippen LogP contribution is -2.25. The highest BCUT2D eigenvalue weighted by atomic mass is 35.5. The van der Waals surface area contributed by atoms with Crippen molar-refractivity contribution < 1.29 is 28.2 Å². The molecule has 2 aliphatic carbocycles. The average Bonchev–Trinajstić information content (AvgIpc) is 3.71. The summed E-state index contributed by atoms with van der Waals surface area (Å²) in [6, 6.07) is 3.23. The first-order valence-corrected chi connectivity index (χ1v) is 14.7. The number of hydrogen-bond donors (Lipinski definition) is 1. The van der Waals surface area contributed by atoms with Crippen LogP contribution in [0.5, 0.6) is 0 Å². The molecule has 0 aliphatic heterocycles. The van der Waals surface area contributed by atoms with Crippen LogP contribution in [0.2, 0.25) is 10.0 Å². The SMILES string of the molecule is CC(C)c1cc(Cl)c(F)c(C2CC2)c1CC(=O)O.CC(C)c1cc(Cl)c(F)c(C2CC2)c1CC(=O)OC(C)(C)C. The Morgan fingerprint density at radius 1 is 0.850 bits per heavy atom. The van der Waals surface area contributed by atoms with Gasteiger partial charge in [0.15, 0.2) is 0 Å². The van der Waals surface area contributed by atoms with Crippen molar-refractivity contribution in [2.24, 2.45) is 0 Å². The van der Waals surface area contributed by atoms with Crippen LogP contribution in [0.3, 0.4) is 0 Å². The van der Waals surface area contributed by atoms with Gasteiger partial charge in [-0.15, -0.1) is 0 Å². The van der Waals surface area contributed by atoms with E-state index in [2.05, 4.69) is 0 Å². The fraction of sp³-hybridized carbons (Fsp3) is 0.562. The third kappa shape index (κ3) is 8.19. The van der Waals surface area contributed by atoms with Crippen molar-refractivity contribution in [1.29, 1.82) is 0 Å². The van der Waals surface area contributed by atoms with E-state index in [1.807, 2.05) is 48.5 Å². The Kier molecular flexibility index (Phi) is 10.3. The highest BCUT2D eigenvalue weighted by molar-refractivity contribution is 6.31. The number of carbonyl (C=O) groups excluding carboxylic acids is 1. The molecule has 8 heteroatoms. The summed E-state index contributed by atoms with van der Waals surface area (Å²) in [4.78, 5) is 23.2. The van der Waals surface area contributed by atoms with Crippen LogP contribution in [-0.2, 0) is 27.2 Å². The number of hydrogen-bond acceptors (Lipinski definition) is 3. The molecule has 2 aromatic rings. The second-order valence-electron chi connectivity index (χ2n) is 12.5. The number of esters is 1. The van der Waals surface area contributed by atoms with Crippen LogP contribution in [0.15, 0.2) is 12.1 Å². The fourth-order valence-corrected chi connectivity index (χ4v) is 5.54. The van der Waals surface area contributed by atoms with E-state index in [0.29, 0.717) is 16.7 Å². The van der Waals surface area contributed by atoms with Crippen molar-refractivity contribution in [3.8, 4) is 0 Å². The molecule has 2 aliphatic rings. The Labute approximate surface area is 246 Å². The predicted octanol–water partition coefficient (Wildman–Crippen LogP) is 9.47. The van der Waals surface area contributed by atoms with Gasteiger partial charge in [-0.3, -0.25) is 9.59 Å². The van der Waals surface area contributed by atoms with Gasteiger partial charge >= 0.3 is 11.9 Å². The van der Waals surface area contributed by atoms with Gasteiger partial charge in [-0.05, 0) is 116 Å². The molecule has 0 amide bonds. The number of carboxylic acids is 1. The van der Waals surface area contributed by atoms with Gasteiger partial charge < -0.3 is 9.84 Å². The minimum Gasteiger partial charge on any atom is -0.481 e. The maximum absolute atomic E-state index is 14.5. The lowest BCUT2D eigenvalue weighted by atomic mass is 9.89. The Balaban J connectivity index is 0.000000225. The quantitative estimate of drug-likeness (QED) is 0.308. The molecule has 0 bridgehead atoms. The van der Waals surface area contributed by atoms with Gasteiger partial charge in [-0.1, -0.05) is 50.9 Å². The van der Waals surface area contributed by atoms with Gasteiger partial charge in [0.1, 0.15) is 17.2 Å². The summed E-state index contributed by atoms with van der Waals surface area (Å²) in [6.07, 6.45) is 3.72. The number of rotatable bonds is 8. The molecule has 2 saturated carbocycles. The monoisotopic (exact) mass is 596 g/mol. The number of halogens is 4. The molecule has 0 heterocycles. The third-order valence-electron chi connectivity index (χ3n) is 7.09. The zero-order valence-electron chi connectivity index (χ0n) is 24.4. The highest BCUT2D eigenvalue weighted by Gasteiger charge is 2.34. The lowest BCUT2D eigenvalue weighted by Gasteiger charge is -2.22. The van der Waals surface area contributed by atoms with Crippen molar-refractivity contribution in [2.45, 2.75) is 116 Å². The third-order valence-corrected chi connectivity index (χ3v) is 7.64. The summed E-state index contributed by atoms with van der Waals surface area (Å²) < 4.78 is 34.0. The molecule has 2 fully saturated rings. The largest absolute Gasteiger partial charge is 0.481 e. The minimum atomic E-state index is -0.930. The topological polar surface area (TPSA) is 63.6 Å². The smallest absolute Gasteiger partial charge is 0.310 e. The number of carbonyl (C=O) groups is 2. The fourth-order valence-electron chi connectivity index (χ4n) is 5.10. The van der Waals surface area contributed by atoms with E-state index in [-0.39, 0.29) is 58.3 Å². The Morgan fingerprint density at radius 2 is 1.23 bits per heavy atom. The van der Waals surface area contributed by atoms with E-state index in [4.69, 9.17) is 33.0 Å². The summed E-state index contributed by atoms with van der Waals surface area (Å²) in [5.74, 6) is -1.40. The number of ether oxygens (including phenoxy) is 1. The Morgan fingerprint density at radius 3 is 1.52 bits per heavy atom. The van der Waals surface area contributed by atoms with E-state index >= 15 is 0 Å². The van der Waals surface area contributed by atoms with Gasteiger partial charge in [-0.2, -0.15) is 0 Å². The molecule has 220 valence electrons. The van der Waals surface area contributed by atoms with Gasteiger partial charge in [0.2, 0.25) is 0 Å². The van der Waals surface area contributed by atoms with Gasteiger partial charge in [0.25, 0.3) is 0 Å². The first-order valence-electron chi connectivity index (χ1n) is 14.0. The second-order valence-corrected chi connectivity index (χ2v) is 13.3. The maximum Gasteiger partial charge on any atom is 0.310 e. The van der Waals surface area contributed by atoms with Crippen LogP contribution >= 0.6 is 23.2 Å². The molecular weight excluding hydrogens is 557 g/mol. The molecule has 0 radical (unpaired) electrons. The molecule has 0 aromatic heterocycles. The molecule has 4 rings (SSSR count). The zero-order valence-corrected chi connectivity index (χ0v) is 25.9. The van der Waals surface area contributed by atoms with Crippen LogP contribution in [0.25, 0.3) is 0 Å². The molecule has 4 nitrogen and oxygen atoms in total. The van der Waals surface area contributed by atoms with E-state index in [9.17, 15) is 18.4 Å². The predicted molar refractivity (Wildman–Crippen MR) is 156 cm³/mol. The second kappa shape index (κ2) is 12.8. The number of carboxylic acid groups (broad SMARTS) is 1. The highest BCUT2D eigenvalue weighted by Crippen LogP contribution is 2.47. The molecule has 0 saturated heterocycles. The van der Waals surface area contributed by atoms with Crippen LogP contribution < -0.4 is 0 Å². The van der Waals surface area contributed by atoms with E-state index < -0.39 is 17.4 Å². The van der Waals surface area contributed by atoms with Gasteiger partial charge in [0, 0.05) is 0 Å². The molecule has 40 heavy (non-hydrogen) atoms. The molecule has 2 aromatic carbocycles. The summed E-state index contributed by atoms with van der Waals surface area (Å²) in [5.41, 5.74) is 3.82. The average molecular weight is 598 g/mol. The molecule has 1 N–H and O–H groups in total. The van der Waals surface area contributed by atoms with Crippen molar-refractivity contribution in [1.82, 2.24) is 0 Å². The Hall–Kier alpha value is -2.18. The first-order chi connectivity index (χ1) is 18.5. The van der Waals surface area contributed by atoms with Crippen molar-refractivity contribution in [3.05, 3.63) is 67.2 Å². The molecular formula is C32H40Cl2F2O4. The van der Waals surface area contributed by atoms with Crippen molar-refractivity contribution in [3.63, 3.8) is 0 Å². The normalized spacial score (nSPS) is 15.2. The van der Waals surface area contributed by atoms with Crippen molar-refractivity contribution >= 4 is 35.1 Å². The van der Waals surface area contributed by atoms with E-state index in [0.717, 1.165) is 42.4 Å². The summed E-state index contributed by atoms with van der Waals surface area (Å²) in [5, 5.41) is 9.26. The van der Waals surface area contributed by atoms with Crippen molar-refractivity contribution in [2.75, 3.05) is 0 Å². The first kappa shape index (κ1) is 32.3. The minimum absolute atomic E-state index is 0.102. The summed E-state index contributed by atoms with van der Waals surface area (Å²) in [6.45, 7) is 13.5. The van der Waals surface area contributed by atoms with E-state index in [1.165, 1.54) is 0 Å². The zero-order chi connectivity index (χ0) is 30.1. The number of benzene rings is 2. The maximum atomic E-state index is 14.5. The van der Waals surface area contributed by atoms with Crippen LogP contribution in [-0.4, -0.2) is 22.6 Å². The van der Waals surface area contributed by atoms with E-state index in [1.54, 1.807) is 12.1 Å². The summed E-state index contributed by atoms with van der Waals surface area (Å²) in [7, 11) is 0.